The van der Waals surface area contributed by atoms with Crippen molar-refractivity contribution in [1.29, 1.82) is 0 Å². The van der Waals surface area contributed by atoms with Crippen LogP contribution in [0, 0.1) is 13.8 Å². The molecular formula is C27H29N3O4S. The number of rotatable bonds is 7. The molecule has 0 radical (unpaired) electrons. The molecule has 4 rings (SSSR count). The van der Waals surface area contributed by atoms with Gasteiger partial charge in [-0.1, -0.05) is 12.1 Å². The van der Waals surface area contributed by atoms with Crippen molar-refractivity contribution in [3.05, 3.63) is 81.0 Å². The first-order valence-corrected chi connectivity index (χ1v) is 12.2. The molecule has 1 amide bonds. The molecule has 1 aliphatic heterocycles. The molecule has 35 heavy (non-hydrogen) atoms. The largest absolute Gasteiger partial charge is 0.503 e. The van der Waals surface area contributed by atoms with Crippen molar-refractivity contribution in [2.45, 2.75) is 39.8 Å². The average Bonchev–Trinajstić information content (AvgIpc) is 3.28. The lowest BCUT2D eigenvalue weighted by Crippen LogP contribution is -2.31. The predicted octanol–water partition coefficient (Wildman–Crippen LogP) is 5.40. The lowest BCUT2D eigenvalue weighted by molar-refractivity contribution is -0.117. The molecule has 1 unspecified atom stereocenters. The molecule has 0 aliphatic carbocycles. The second-order valence-electron chi connectivity index (χ2n) is 8.97. The fourth-order valence-electron chi connectivity index (χ4n) is 4.22. The van der Waals surface area contributed by atoms with Crippen LogP contribution in [0.25, 0.3) is 0 Å². The number of carbonyl (C=O) groups excluding carboxylic acids is 2. The summed E-state index contributed by atoms with van der Waals surface area (Å²) in [4.78, 5) is 35.4. The fraction of sp³-hybridized carbons (Fsp3) is 0.296. The number of amides is 1. The van der Waals surface area contributed by atoms with Crippen LogP contribution in [-0.2, 0) is 4.79 Å². The third-order valence-electron chi connectivity index (χ3n) is 5.75. The lowest BCUT2D eigenvalue weighted by atomic mass is 9.94. The van der Waals surface area contributed by atoms with Gasteiger partial charge in [0, 0.05) is 25.5 Å². The van der Waals surface area contributed by atoms with Gasteiger partial charge in [-0.25, -0.2) is 4.98 Å². The van der Waals surface area contributed by atoms with Crippen LogP contribution in [0.4, 0.5) is 11.4 Å². The SMILES string of the molecule is Cc1nc(C)c(C(=O)C2=C(O)C(=O)N(c3ccc(N(C)C)cc3)C2c2cccc(OC(C)C)c2)s1. The molecule has 0 fully saturated rings. The van der Waals surface area contributed by atoms with Crippen LogP contribution in [0.3, 0.4) is 0 Å². The van der Waals surface area contributed by atoms with Gasteiger partial charge < -0.3 is 14.7 Å². The quantitative estimate of drug-likeness (QED) is 0.446. The van der Waals surface area contributed by atoms with Crippen molar-refractivity contribution in [3.8, 4) is 5.75 Å². The van der Waals surface area contributed by atoms with Crippen molar-refractivity contribution in [3.63, 3.8) is 0 Å². The highest BCUT2D eigenvalue weighted by Gasteiger charge is 2.45. The molecular weight excluding hydrogens is 462 g/mol. The van der Waals surface area contributed by atoms with Crippen LogP contribution < -0.4 is 14.5 Å². The maximum Gasteiger partial charge on any atom is 0.294 e. The number of aliphatic hydroxyl groups is 1. The van der Waals surface area contributed by atoms with E-state index in [9.17, 15) is 14.7 Å². The molecule has 0 bridgehead atoms. The summed E-state index contributed by atoms with van der Waals surface area (Å²) in [5.41, 5.74) is 2.83. The molecule has 1 atom stereocenters. The topological polar surface area (TPSA) is 83.0 Å². The zero-order valence-electron chi connectivity index (χ0n) is 20.7. The Morgan fingerprint density at radius 2 is 1.83 bits per heavy atom. The number of thiazole rings is 1. The summed E-state index contributed by atoms with van der Waals surface area (Å²) in [7, 11) is 3.87. The molecule has 7 nitrogen and oxygen atoms in total. The van der Waals surface area contributed by atoms with Gasteiger partial charge >= 0.3 is 0 Å². The number of nitrogens with zero attached hydrogens (tertiary/aromatic N) is 3. The van der Waals surface area contributed by atoms with E-state index in [0.717, 1.165) is 10.7 Å². The minimum atomic E-state index is -0.822. The van der Waals surface area contributed by atoms with E-state index in [0.29, 0.717) is 27.6 Å². The number of hydrogen-bond donors (Lipinski definition) is 1. The second-order valence-corrected chi connectivity index (χ2v) is 10.2. The third kappa shape index (κ3) is 4.66. The zero-order valence-corrected chi connectivity index (χ0v) is 21.5. The van der Waals surface area contributed by atoms with E-state index in [4.69, 9.17) is 4.74 Å². The normalized spacial score (nSPS) is 15.8. The van der Waals surface area contributed by atoms with Gasteiger partial charge in [0.15, 0.2) is 5.76 Å². The monoisotopic (exact) mass is 491 g/mol. The number of aryl methyl sites for hydroxylation is 2. The van der Waals surface area contributed by atoms with Crippen LogP contribution in [0.1, 0.15) is 45.8 Å². The minimum Gasteiger partial charge on any atom is -0.503 e. The predicted molar refractivity (Wildman–Crippen MR) is 139 cm³/mol. The van der Waals surface area contributed by atoms with Gasteiger partial charge in [-0.05, 0) is 69.7 Å². The summed E-state index contributed by atoms with van der Waals surface area (Å²) in [5.74, 6) is -0.940. The van der Waals surface area contributed by atoms with Gasteiger partial charge in [0.2, 0.25) is 5.78 Å². The molecule has 1 aromatic heterocycles. The molecule has 0 spiro atoms. The van der Waals surface area contributed by atoms with Crippen LogP contribution in [0.15, 0.2) is 59.9 Å². The molecule has 0 saturated carbocycles. The summed E-state index contributed by atoms with van der Waals surface area (Å²) in [6.45, 7) is 7.44. The number of Topliss-reactive ketones (excluding diaryl/α,β-unsaturated/α-hetero) is 1. The summed E-state index contributed by atoms with van der Waals surface area (Å²) in [6, 6.07) is 13.9. The molecule has 3 aromatic rings. The molecule has 182 valence electrons. The Morgan fingerprint density at radius 1 is 1.14 bits per heavy atom. The van der Waals surface area contributed by atoms with Crippen molar-refractivity contribution >= 4 is 34.4 Å². The summed E-state index contributed by atoms with van der Waals surface area (Å²) in [6.07, 6.45) is -0.0435. The molecule has 2 aromatic carbocycles. The molecule has 1 N–H and O–H groups in total. The van der Waals surface area contributed by atoms with E-state index in [2.05, 4.69) is 4.98 Å². The van der Waals surface area contributed by atoms with E-state index in [1.165, 1.54) is 16.2 Å². The van der Waals surface area contributed by atoms with Gasteiger partial charge in [-0.2, -0.15) is 0 Å². The first-order chi connectivity index (χ1) is 16.6. The Labute approximate surface area is 209 Å². The molecule has 2 heterocycles. The smallest absolute Gasteiger partial charge is 0.294 e. The van der Waals surface area contributed by atoms with Crippen molar-refractivity contribution in [2.75, 3.05) is 23.9 Å². The van der Waals surface area contributed by atoms with Gasteiger partial charge in [-0.15, -0.1) is 11.3 Å². The van der Waals surface area contributed by atoms with Crippen molar-refractivity contribution in [2.24, 2.45) is 0 Å². The van der Waals surface area contributed by atoms with Crippen LogP contribution in [-0.4, -0.2) is 42.0 Å². The van der Waals surface area contributed by atoms with E-state index in [1.807, 2.05) is 88.3 Å². The summed E-state index contributed by atoms with van der Waals surface area (Å²) < 4.78 is 5.87. The van der Waals surface area contributed by atoms with Gasteiger partial charge in [-0.3, -0.25) is 14.5 Å². The zero-order chi connectivity index (χ0) is 25.4. The Balaban J connectivity index is 1.87. The standard InChI is InChI=1S/C27H29N3O4S/c1-15(2)34-21-9-7-8-18(14-21)23-22(24(31)26-16(3)28-17(4)35-26)25(32)27(33)30(23)20-12-10-19(11-13-20)29(5)6/h7-15,23,32H,1-6H3. The lowest BCUT2D eigenvalue weighted by Gasteiger charge is -2.28. The molecule has 8 heteroatoms. The van der Waals surface area contributed by atoms with Gasteiger partial charge in [0.25, 0.3) is 5.91 Å². The summed E-state index contributed by atoms with van der Waals surface area (Å²) in [5, 5.41) is 11.8. The highest BCUT2D eigenvalue weighted by atomic mass is 32.1. The van der Waals surface area contributed by atoms with E-state index >= 15 is 0 Å². The van der Waals surface area contributed by atoms with E-state index in [1.54, 1.807) is 6.92 Å². The second kappa shape index (κ2) is 9.54. The average molecular weight is 492 g/mol. The number of carbonyl (C=O) groups is 2. The van der Waals surface area contributed by atoms with E-state index < -0.39 is 23.5 Å². The van der Waals surface area contributed by atoms with Crippen LogP contribution in [0.2, 0.25) is 0 Å². The number of ether oxygens (including phenoxy) is 1. The van der Waals surface area contributed by atoms with Crippen molar-refractivity contribution in [1.82, 2.24) is 4.98 Å². The van der Waals surface area contributed by atoms with Gasteiger partial charge in [0.1, 0.15) is 5.75 Å². The number of hydrogen-bond acceptors (Lipinski definition) is 7. The number of aliphatic hydroxyl groups excluding tert-OH is 1. The van der Waals surface area contributed by atoms with Crippen LogP contribution in [0.5, 0.6) is 5.75 Å². The van der Waals surface area contributed by atoms with Crippen LogP contribution >= 0.6 is 11.3 Å². The first kappa shape index (κ1) is 24.5. The highest BCUT2D eigenvalue weighted by Crippen LogP contribution is 2.43. The number of aromatic nitrogens is 1. The fourth-order valence-corrected chi connectivity index (χ4v) is 5.10. The Hall–Kier alpha value is -3.65. The maximum absolute atomic E-state index is 13.7. The molecule has 0 saturated heterocycles. The number of anilines is 2. The third-order valence-corrected chi connectivity index (χ3v) is 6.82. The Bertz CT molecular complexity index is 1310. The Morgan fingerprint density at radius 3 is 2.40 bits per heavy atom. The van der Waals surface area contributed by atoms with Gasteiger partial charge in [0.05, 0.1) is 33.3 Å². The molecule has 1 aliphatic rings. The van der Waals surface area contributed by atoms with Crippen molar-refractivity contribution < 1.29 is 19.4 Å². The van der Waals surface area contributed by atoms with E-state index in [-0.39, 0.29) is 11.7 Å². The summed E-state index contributed by atoms with van der Waals surface area (Å²) >= 11 is 1.26. The number of ketones is 1. The Kier molecular flexibility index (Phi) is 6.67. The number of benzene rings is 2. The highest BCUT2D eigenvalue weighted by molar-refractivity contribution is 7.14. The first-order valence-electron chi connectivity index (χ1n) is 11.4. The maximum atomic E-state index is 13.7. The minimum absolute atomic E-state index is 0.0418.